The molecule has 5 nitrogen and oxygen atoms in total. The molecule has 0 saturated carbocycles. The first-order valence-electron chi connectivity index (χ1n) is 3.04. The van der Waals surface area contributed by atoms with E-state index in [1.807, 2.05) is 5.32 Å². The van der Waals surface area contributed by atoms with Gasteiger partial charge in [0.25, 0.3) is 0 Å². The van der Waals surface area contributed by atoms with Gasteiger partial charge in [0.2, 0.25) is 5.91 Å². The van der Waals surface area contributed by atoms with Gasteiger partial charge in [-0.05, 0) is 6.92 Å². The third kappa shape index (κ3) is 4.90. The SMILES string of the molecule is CCO[13C](=O)[15NH][13C](=O)[13CH2]C#N. The van der Waals surface area contributed by atoms with Gasteiger partial charge in [0.15, 0.2) is 0 Å². The standard InChI is InChI=1S/C6H8N2O3/c1-2-11-6(10)8-5(9)3-4-7/h2-3H2,1H3,(H,8,9,10)/i3+1,5+1,6+1,8+1. The minimum Gasteiger partial charge on any atom is -0.450 e. The van der Waals surface area contributed by atoms with Crippen LogP contribution in [0, 0.1) is 11.3 Å². The van der Waals surface area contributed by atoms with Crippen LogP contribution >= 0.6 is 0 Å². The van der Waals surface area contributed by atoms with Crippen LogP contribution in [0.5, 0.6) is 0 Å². The number of ether oxygens (including phenoxy) is 1. The maximum absolute atomic E-state index is 10.5. The van der Waals surface area contributed by atoms with Gasteiger partial charge in [-0.15, -0.1) is 0 Å². The molecular formula is C6H8N2O3. The highest BCUT2D eigenvalue weighted by Gasteiger charge is 2.05. The molecule has 11 heavy (non-hydrogen) atoms. The monoisotopic (exact) mass is 160 g/mol. The second-order valence-corrected chi connectivity index (χ2v) is 1.60. The lowest BCUT2D eigenvalue weighted by Crippen LogP contribution is -2.30. The Morgan fingerprint density at radius 2 is 2.27 bits per heavy atom. The fourth-order valence-electron chi connectivity index (χ4n) is 0.397. The smallest absolute Gasteiger partial charge is 0.413 e. The topological polar surface area (TPSA) is 79.2 Å². The summed E-state index contributed by atoms with van der Waals surface area (Å²) in [6.45, 7) is 1.82. The highest BCUT2D eigenvalue weighted by atomic mass is 16.7. The van der Waals surface area contributed by atoms with Crippen molar-refractivity contribution >= 4 is 12.0 Å². The summed E-state index contributed by atoms with van der Waals surface area (Å²) in [5, 5.41) is 9.88. The summed E-state index contributed by atoms with van der Waals surface area (Å²) in [6.07, 6.45) is -1.15. The number of carbonyl (C=O) groups excluding carboxylic acids is 2. The van der Waals surface area contributed by atoms with Crippen LogP contribution in [0.15, 0.2) is 0 Å². The van der Waals surface area contributed by atoms with Crippen LogP contribution in [0.3, 0.4) is 0 Å². The predicted octanol–water partition coefficient (Wildman–Crippen LogP) is 0.173. The van der Waals surface area contributed by atoms with Crippen LogP contribution in [0.4, 0.5) is 4.79 Å². The zero-order chi connectivity index (χ0) is 8.69. The molecular weight excluding hydrogens is 152 g/mol. The first-order valence-corrected chi connectivity index (χ1v) is 3.04. The summed E-state index contributed by atoms with van der Waals surface area (Å²) >= 11 is 0. The highest BCUT2D eigenvalue weighted by molar-refractivity contribution is 5.92. The average Bonchev–Trinajstić information content (AvgIpc) is 1.87. The molecule has 0 saturated heterocycles. The van der Waals surface area contributed by atoms with Crippen LogP contribution in [-0.2, 0) is 9.53 Å². The molecule has 0 aliphatic carbocycles. The van der Waals surface area contributed by atoms with Gasteiger partial charge in [-0.25, -0.2) is 4.79 Å². The number of nitrogens with one attached hydrogen (secondary N) is 1. The second kappa shape index (κ2) is 5.23. The molecule has 0 aromatic carbocycles. The first kappa shape index (κ1) is 9.43. The van der Waals surface area contributed by atoms with E-state index in [4.69, 9.17) is 5.26 Å². The fraction of sp³-hybridized carbons (Fsp3) is 0.500. The molecule has 0 heterocycles. The molecule has 0 fully saturated rings. The molecule has 0 spiro atoms. The predicted molar refractivity (Wildman–Crippen MR) is 35.4 cm³/mol. The summed E-state index contributed by atoms with van der Waals surface area (Å²) in [5.41, 5.74) is 0. The van der Waals surface area contributed by atoms with Crippen LogP contribution < -0.4 is 5.32 Å². The van der Waals surface area contributed by atoms with Crippen LogP contribution in [-0.4, -0.2) is 18.6 Å². The lowest BCUT2D eigenvalue weighted by Gasteiger charge is -1.99. The van der Waals surface area contributed by atoms with Crippen molar-refractivity contribution in [1.29, 1.82) is 5.26 Å². The highest BCUT2D eigenvalue weighted by Crippen LogP contribution is 1.79. The maximum atomic E-state index is 10.5. The Hall–Kier alpha value is -1.57. The van der Waals surface area contributed by atoms with E-state index >= 15 is 0 Å². The molecule has 0 unspecified atom stereocenters. The zero-order valence-corrected chi connectivity index (χ0v) is 6.09. The third-order valence-corrected chi connectivity index (χ3v) is 0.757. The Morgan fingerprint density at radius 1 is 1.64 bits per heavy atom. The molecule has 0 radical (unpaired) electrons. The number of amides is 2. The molecule has 0 rings (SSSR count). The number of rotatable bonds is 2. The van der Waals surface area contributed by atoms with Crippen molar-refractivity contribution in [2.75, 3.05) is 6.61 Å². The summed E-state index contributed by atoms with van der Waals surface area (Å²) in [6, 6.07) is 1.60. The molecule has 60 valence electrons. The van der Waals surface area contributed by atoms with Crippen molar-refractivity contribution in [3.05, 3.63) is 0 Å². The number of nitrogens with zero attached hydrogens (tertiary/aromatic N) is 1. The molecule has 0 aromatic rings. The minimum atomic E-state index is -0.812. The van der Waals surface area contributed by atoms with E-state index in [0.29, 0.717) is 0 Å². The van der Waals surface area contributed by atoms with E-state index in [1.165, 1.54) is 0 Å². The van der Waals surface area contributed by atoms with Gasteiger partial charge in [0.1, 0.15) is 6.42 Å². The first-order chi connectivity index (χ1) is 5.20. The Kier molecular flexibility index (Phi) is 4.49. The van der Waals surface area contributed by atoms with Gasteiger partial charge >= 0.3 is 6.09 Å². The van der Waals surface area contributed by atoms with E-state index in [2.05, 4.69) is 4.74 Å². The number of hydrogen-bond donors (Lipinski definition) is 1. The average molecular weight is 160 g/mol. The molecule has 5 heteroatoms. The van der Waals surface area contributed by atoms with E-state index in [9.17, 15) is 9.59 Å². The van der Waals surface area contributed by atoms with E-state index in [0.717, 1.165) is 0 Å². The van der Waals surface area contributed by atoms with Crippen molar-refractivity contribution in [3.8, 4) is 6.07 Å². The third-order valence-electron chi connectivity index (χ3n) is 0.757. The van der Waals surface area contributed by atoms with Crippen LogP contribution in [0.2, 0.25) is 0 Å². The number of alkyl carbamates (subject to hydrolysis) is 1. The summed E-state index contributed by atoms with van der Waals surface area (Å²) < 4.78 is 4.38. The van der Waals surface area contributed by atoms with Crippen LogP contribution in [0.1, 0.15) is 13.3 Å². The summed E-state index contributed by atoms with van der Waals surface area (Å²) in [7, 11) is 0. The summed E-state index contributed by atoms with van der Waals surface area (Å²) in [5.74, 6) is -0.647. The van der Waals surface area contributed by atoms with Crippen molar-refractivity contribution < 1.29 is 14.3 Å². The normalized spacial score (nSPS) is 8.00. The molecule has 1 N–H and O–H groups in total. The molecule has 0 aliphatic rings. The van der Waals surface area contributed by atoms with Gasteiger partial charge in [0, 0.05) is 0 Å². The van der Waals surface area contributed by atoms with Gasteiger partial charge in [0.05, 0.1) is 12.7 Å². The molecule has 0 aliphatic heterocycles. The maximum Gasteiger partial charge on any atom is 0.413 e. The second-order valence-electron chi connectivity index (χ2n) is 1.60. The van der Waals surface area contributed by atoms with Gasteiger partial charge < -0.3 is 4.74 Å². The Bertz CT molecular complexity index is 194. The van der Waals surface area contributed by atoms with Crippen molar-refractivity contribution in [2.24, 2.45) is 0 Å². The Balaban J connectivity index is 3.60. The minimum absolute atomic E-state index is 0.200. The number of hydrogen-bond acceptors (Lipinski definition) is 4. The van der Waals surface area contributed by atoms with Crippen molar-refractivity contribution in [1.82, 2.24) is 5.32 Å². The molecule has 0 atom stereocenters. The Labute approximate surface area is 63.9 Å². The number of imide groups is 1. The van der Waals surface area contributed by atoms with Crippen molar-refractivity contribution in [2.45, 2.75) is 13.3 Å². The largest absolute Gasteiger partial charge is 0.450 e. The van der Waals surface area contributed by atoms with Crippen molar-refractivity contribution in [3.63, 3.8) is 0 Å². The van der Waals surface area contributed by atoms with Gasteiger partial charge in [-0.1, -0.05) is 0 Å². The fourth-order valence-corrected chi connectivity index (χ4v) is 0.397. The Morgan fingerprint density at radius 3 is 2.73 bits per heavy atom. The molecule has 2 amide bonds. The quantitative estimate of drug-likeness (QED) is 0.461. The lowest BCUT2D eigenvalue weighted by molar-refractivity contribution is -0.119. The number of nitriles is 1. The lowest BCUT2D eigenvalue weighted by atomic mass is 10.9. The number of carbonyl (C=O) groups is 2. The van der Waals surface area contributed by atoms with E-state index < -0.39 is 12.0 Å². The van der Waals surface area contributed by atoms with Gasteiger partial charge in [-0.2, -0.15) is 5.26 Å². The molecule has 0 aromatic heterocycles. The van der Waals surface area contributed by atoms with E-state index in [1.54, 1.807) is 13.0 Å². The van der Waals surface area contributed by atoms with E-state index in [-0.39, 0.29) is 13.0 Å². The zero-order valence-electron chi connectivity index (χ0n) is 6.09. The van der Waals surface area contributed by atoms with Crippen LogP contribution in [0.25, 0.3) is 0 Å². The molecule has 0 bridgehead atoms. The van der Waals surface area contributed by atoms with Gasteiger partial charge in [-0.3, -0.25) is 10.1 Å². The summed E-state index contributed by atoms with van der Waals surface area (Å²) in [4.78, 5) is 21.0.